The number of unbranched alkanes of at least 4 members (excludes halogenated alkanes) is 8. The molecule has 0 bridgehead atoms. The molecule has 1 atom stereocenters. The number of hydrogen-bond acceptors (Lipinski definition) is 1. The average molecular weight is 271 g/mol. The van der Waals surface area contributed by atoms with E-state index in [1.807, 2.05) is 7.11 Å². The van der Waals surface area contributed by atoms with Crippen molar-refractivity contribution >= 4 is 0 Å². The second-order valence-corrected chi connectivity index (χ2v) is 7.26. The first kappa shape index (κ1) is 19.0. The van der Waals surface area contributed by atoms with E-state index in [1.54, 1.807) is 0 Å². The van der Waals surface area contributed by atoms with Crippen LogP contribution >= 0.6 is 0 Å². The molecule has 0 aliphatic carbocycles. The number of methoxy groups -OCH3 is 1. The van der Waals surface area contributed by atoms with Gasteiger partial charge in [-0.15, -0.1) is 0 Å². The van der Waals surface area contributed by atoms with E-state index in [2.05, 4.69) is 34.6 Å². The second kappa shape index (κ2) is 9.80. The van der Waals surface area contributed by atoms with Gasteiger partial charge in [0.05, 0.1) is 5.60 Å². The summed E-state index contributed by atoms with van der Waals surface area (Å²) in [5.74, 6) is 0. The van der Waals surface area contributed by atoms with Crippen LogP contribution in [0.3, 0.4) is 0 Å². The van der Waals surface area contributed by atoms with Crippen LogP contribution in [0.2, 0.25) is 0 Å². The minimum absolute atomic E-state index is 0.0220. The Bertz CT molecular complexity index is 204. The highest BCUT2D eigenvalue weighted by molar-refractivity contribution is 4.87. The molecule has 0 aromatic carbocycles. The van der Waals surface area contributed by atoms with Crippen LogP contribution in [0.4, 0.5) is 0 Å². The first-order valence-electron chi connectivity index (χ1n) is 8.42. The fourth-order valence-electron chi connectivity index (χ4n) is 2.56. The van der Waals surface area contributed by atoms with Gasteiger partial charge in [0.1, 0.15) is 0 Å². The third-order valence-electron chi connectivity index (χ3n) is 4.79. The van der Waals surface area contributed by atoms with Crippen molar-refractivity contribution in [1.29, 1.82) is 0 Å². The van der Waals surface area contributed by atoms with Gasteiger partial charge in [0.2, 0.25) is 0 Å². The van der Waals surface area contributed by atoms with Gasteiger partial charge in [-0.2, -0.15) is 0 Å². The van der Waals surface area contributed by atoms with Gasteiger partial charge in [0, 0.05) is 7.11 Å². The Labute approximate surface area is 122 Å². The van der Waals surface area contributed by atoms with Crippen molar-refractivity contribution in [2.24, 2.45) is 5.41 Å². The largest absolute Gasteiger partial charge is 0.378 e. The quantitative estimate of drug-likeness (QED) is 0.397. The Morgan fingerprint density at radius 3 is 1.47 bits per heavy atom. The van der Waals surface area contributed by atoms with Crippen LogP contribution in [-0.4, -0.2) is 12.7 Å². The predicted octanol–water partition coefficient (Wildman–Crippen LogP) is 6.36. The standard InChI is InChI=1S/C18H38O/c1-7-8-9-10-11-12-13-14-15-16-18(5,19-6)17(2,3)4/h7-16H2,1-6H3. The number of rotatable bonds is 11. The summed E-state index contributed by atoms with van der Waals surface area (Å²) < 4.78 is 5.77. The first-order valence-corrected chi connectivity index (χ1v) is 8.42. The molecule has 0 saturated carbocycles. The Hall–Kier alpha value is -0.0400. The minimum Gasteiger partial charge on any atom is -0.378 e. The normalized spacial score (nSPS) is 15.5. The number of hydrogen-bond donors (Lipinski definition) is 0. The van der Waals surface area contributed by atoms with Crippen LogP contribution in [-0.2, 0) is 4.74 Å². The van der Waals surface area contributed by atoms with Crippen LogP contribution in [0.1, 0.15) is 98.8 Å². The highest BCUT2D eigenvalue weighted by atomic mass is 16.5. The molecule has 0 aliphatic rings. The smallest absolute Gasteiger partial charge is 0.0698 e. The topological polar surface area (TPSA) is 9.23 Å². The third-order valence-corrected chi connectivity index (χ3v) is 4.79. The van der Waals surface area contributed by atoms with E-state index in [0.717, 1.165) is 0 Å². The molecule has 1 nitrogen and oxygen atoms in total. The van der Waals surface area contributed by atoms with Gasteiger partial charge in [-0.1, -0.05) is 85.5 Å². The van der Waals surface area contributed by atoms with E-state index in [1.165, 1.54) is 64.2 Å². The van der Waals surface area contributed by atoms with Crippen molar-refractivity contribution in [3.8, 4) is 0 Å². The molecule has 0 N–H and O–H groups in total. The lowest BCUT2D eigenvalue weighted by atomic mass is 9.74. The molecule has 0 aliphatic heterocycles. The zero-order chi connectivity index (χ0) is 14.8. The molecule has 1 unspecified atom stereocenters. The summed E-state index contributed by atoms with van der Waals surface area (Å²) in [4.78, 5) is 0. The molecule has 0 aromatic rings. The fourth-order valence-corrected chi connectivity index (χ4v) is 2.56. The van der Waals surface area contributed by atoms with Gasteiger partial charge >= 0.3 is 0 Å². The molecule has 19 heavy (non-hydrogen) atoms. The molecule has 0 rings (SSSR count). The summed E-state index contributed by atoms with van der Waals surface area (Å²) >= 11 is 0. The monoisotopic (exact) mass is 270 g/mol. The maximum absolute atomic E-state index is 5.77. The first-order chi connectivity index (χ1) is 8.87. The molecule has 1 heteroatoms. The van der Waals surface area contributed by atoms with Crippen molar-refractivity contribution in [3.05, 3.63) is 0 Å². The molecule has 0 radical (unpaired) electrons. The van der Waals surface area contributed by atoms with Crippen LogP contribution in [0.15, 0.2) is 0 Å². The van der Waals surface area contributed by atoms with Crippen molar-refractivity contribution in [3.63, 3.8) is 0 Å². The summed E-state index contributed by atoms with van der Waals surface area (Å²) in [6.45, 7) is 11.4. The lowest BCUT2D eigenvalue weighted by Crippen LogP contribution is -2.41. The van der Waals surface area contributed by atoms with Crippen molar-refractivity contribution in [2.45, 2.75) is 104 Å². The van der Waals surface area contributed by atoms with Gasteiger partial charge in [-0.3, -0.25) is 0 Å². The van der Waals surface area contributed by atoms with Crippen LogP contribution < -0.4 is 0 Å². The van der Waals surface area contributed by atoms with Crippen molar-refractivity contribution in [1.82, 2.24) is 0 Å². The van der Waals surface area contributed by atoms with Gasteiger partial charge in [-0.05, 0) is 18.8 Å². The molecular formula is C18H38O. The number of ether oxygens (including phenoxy) is 1. The minimum atomic E-state index is 0.0220. The summed E-state index contributed by atoms with van der Waals surface area (Å²) in [5.41, 5.74) is 0.246. The molecule has 0 spiro atoms. The second-order valence-electron chi connectivity index (χ2n) is 7.26. The van der Waals surface area contributed by atoms with Crippen LogP contribution in [0.5, 0.6) is 0 Å². The molecule has 116 valence electrons. The third kappa shape index (κ3) is 7.97. The van der Waals surface area contributed by atoms with Gasteiger partial charge in [0.15, 0.2) is 0 Å². The lowest BCUT2D eigenvalue weighted by Gasteiger charge is -2.41. The molecule has 0 saturated heterocycles. The van der Waals surface area contributed by atoms with E-state index < -0.39 is 0 Å². The maximum atomic E-state index is 5.77. The SMILES string of the molecule is CCCCCCCCCCCC(C)(OC)C(C)(C)C. The van der Waals surface area contributed by atoms with E-state index in [4.69, 9.17) is 4.74 Å². The van der Waals surface area contributed by atoms with Gasteiger partial charge in [0.25, 0.3) is 0 Å². The lowest BCUT2D eigenvalue weighted by molar-refractivity contribution is -0.0844. The summed E-state index contributed by atoms with van der Waals surface area (Å²) in [7, 11) is 1.86. The van der Waals surface area contributed by atoms with Gasteiger partial charge < -0.3 is 4.74 Å². The van der Waals surface area contributed by atoms with E-state index in [0.29, 0.717) is 0 Å². The average Bonchev–Trinajstić information content (AvgIpc) is 2.35. The van der Waals surface area contributed by atoms with Crippen LogP contribution in [0, 0.1) is 5.41 Å². The fraction of sp³-hybridized carbons (Fsp3) is 1.00. The highest BCUT2D eigenvalue weighted by Crippen LogP contribution is 2.37. The molecule has 0 amide bonds. The van der Waals surface area contributed by atoms with Crippen molar-refractivity contribution in [2.75, 3.05) is 7.11 Å². The predicted molar refractivity (Wildman–Crippen MR) is 86.7 cm³/mol. The summed E-state index contributed by atoms with van der Waals surface area (Å²) in [6.07, 6.45) is 13.7. The molecule has 0 fully saturated rings. The molecule has 0 heterocycles. The van der Waals surface area contributed by atoms with Gasteiger partial charge in [-0.25, -0.2) is 0 Å². The molecular weight excluding hydrogens is 232 g/mol. The van der Waals surface area contributed by atoms with Crippen molar-refractivity contribution < 1.29 is 4.74 Å². The Morgan fingerprint density at radius 1 is 0.684 bits per heavy atom. The summed E-state index contributed by atoms with van der Waals surface area (Å²) in [5, 5.41) is 0. The van der Waals surface area contributed by atoms with E-state index >= 15 is 0 Å². The Balaban J connectivity index is 3.58. The highest BCUT2D eigenvalue weighted by Gasteiger charge is 2.36. The van der Waals surface area contributed by atoms with E-state index in [9.17, 15) is 0 Å². The maximum Gasteiger partial charge on any atom is 0.0698 e. The Kier molecular flexibility index (Phi) is 9.78. The Morgan fingerprint density at radius 2 is 1.11 bits per heavy atom. The van der Waals surface area contributed by atoms with E-state index in [-0.39, 0.29) is 11.0 Å². The molecule has 0 aromatic heterocycles. The van der Waals surface area contributed by atoms with Crippen LogP contribution in [0.25, 0.3) is 0 Å². The zero-order valence-corrected chi connectivity index (χ0v) is 14.5. The zero-order valence-electron chi connectivity index (χ0n) is 14.5. The summed E-state index contributed by atoms with van der Waals surface area (Å²) in [6, 6.07) is 0.